The van der Waals surface area contributed by atoms with Crippen molar-refractivity contribution in [1.29, 1.82) is 0 Å². The third-order valence-electron chi connectivity index (χ3n) is 4.82. The molecular formula is C20H20FN3O3. The van der Waals surface area contributed by atoms with Gasteiger partial charge in [0.1, 0.15) is 17.2 Å². The Morgan fingerprint density at radius 1 is 1.07 bits per heavy atom. The number of anilines is 1. The van der Waals surface area contributed by atoms with Gasteiger partial charge in [-0.15, -0.1) is 0 Å². The van der Waals surface area contributed by atoms with Crippen LogP contribution in [0.5, 0.6) is 11.5 Å². The molecular weight excluding hydrogens is 349 g/mol. The Hall–Kier alpha value is -3.22. The highest BCUT2D eigenvalue weighted by atomic mass is 19.1. The van der Waals surface area contributed by atoms with Crippen molar-refractivity contribution in [3.63, 3.8) is 0 Å². The van der Waals surface area contributed by atoms with Crippen molar-refractivity contribution >= 4 is 22.5 Å². The first kappa shape index (κ1) is 17.2. The molecule has 27 heavy (non-hydrogen) atoms. The van der Waals surface area contributed by atoms with E-state index in [9.17, 15) is 14.3 Å². The number of phenols is 1. The molecule has 7 heteroatoms. The van der Waals surface area contributed by atoms with E-state index >= 15 is 0 Å². The van der Waals surface area contributed by atoms with E-state index in [1.165, 1.54) is 0 Å². The number of carbonyl (C=O) groups excluding carboxylic acids is 1. The number of aromatic hydroxyl groups is 1. The molecule has 2 aromatic carbocycles. The first-order valence-electron chi connectivity index (χ1n) is 8.79. The fraction of sp³-hybridized carbons (Fsp3) is 0.250. The molecule has 2 N–H and O–H groups in total. The van der Waals surface area contributed by atoms with Crippen LogP contribution in [0, 0.1) is 0 Å². The molecule has 4 rings (SSSR count). The molecule has 1 aliphatic heterocycles. The molecule has 0 bridgehead atoms. The van der Waals surface area contributed by atoms with Gasteiger partial charge in [-0.25, -0.2) is 4.39 Å². The molecule has 1 aliphatic rings. The maximum absolute atomic E-state index is 12.8. The second kappa shape index (κ2) is 7.19. The number of fused-ring (bicyclic) bond motifs is 1. The number of halogens is 1. The van der Waals surface area contributed by atoms with Crippen LogP contribution in [-0.2, 0) is 0 Å². The van der Waals surface area contributed by atoms with Crippen LogP contribution in [0.25, 0.3) is 10.9 Å². The van der Waals surface area contributed by atoms with Crippen LogP contribution in [-0.4, -0.2) is 53.9 Å². The summed E-state index contributed by atoms with van der Waals surface area (Å²) in [5, 5.41) is 10.4. The van der Waals surface area contributed by atoms with Crippen LogP contribution in [0.3, 0.4) is 0 Å². The lowest BCUT2D eigenvalue weighted by Gasteiger charge is -2.36. The number of benzene rings is 2. The third-order valence-corrected chi connectivity index (χ3v) is 4.82. The summed E-state index contributed by atoms with van der Waals surface area (Å²) in [5.41, 5.74) is 2.37. The largest absolute Gasteiger partial charge is 0.508 e. The van der Waals surface area contributed by atoms with Crippen LogP contribution in [0.2, 0.25) is 0 Å². The molecule has 2 heterocycles. The Morgan fingerprint density at radius 3 is 2.52 bits per heavy atom. The lowest BCUT2D eigenvalue weighted by molar-refractivity contribution is 0.0742. The number of hydrogen-bond acceptors (Lipinski definition) is 4. The summed E-state index contributed by atoms with van der Waals surface area (Å²) in [5.74, 6) is 0.633. The molecule has 6 nitrogen and oxygen atoms in total. The van der Waals surface area contributed by atoms with Gasteiger partial charge in [-0.1, -0.05) is 0 Å². The lowest BCUT2D eigenvalue weighted by Crippen LogP contribution is -2.48. The van der Waals surface area contributed by atoms with Gasteiger partial charge in [-0.2, -0.15) is 0 Å². The highest BCUT2D eigenvalue weighted by Crippen LogP contribution is 2.23. The average molecular weight is 369 g/mol. The van der Waals surface area contributed by atoms with Gasteiger partial charge < -0.3 is 24.6 Å². The number of H-pyrrole nitrogens is 1. The maximum Gasteiger partial charge on any atom is 0.270 e. The number of hydrogen-bond donors (Lipinski definition) is 2. The first-order valence-corrected chi connectivity index (χ1v) is 8.79. The summed E-state index contributed by atoms with van der Waals surface area (Å²) in [4.78, 5) is 19.9. The van der Waals surface area contributed by atoms with Gasteiger partial charge in [0.15, 0.2) is 0 Å². The highest BCUT2D eigenvalue weighted by molar-refractivity contribution is 5.98. The number of ether oxygens (including phenoxy) is 1. The molecule has 1 saturated heterocycles. The van der Waals surface area contributed by atoms with Gasteiger partial charge in [0, 0.05) is 42.8 Å². The predicted molar refractivity (Wildman–Crippen MR) is 101 cm³/mol. The zero-order valence-corrected chi connectivity index (χ0v) is 14.7. The van der Waals surface area contributed by atoms with Gasteiger partial charge in [-0.05, 0) is 48.5 Å². The van der Waals surface area contributed by atoms with Gasteiger partial charge in [0.2, 0.25) is 6.86 Å². The number of nitrogens with one attached hydrogen (secondary N) is 1. The van der Waals surface area contributed by atoms with Crippen molar-refractivity contribution in [2.24, 2.45) is 0 Å². The van der Waals surface area contributed by atoms with Crippen molar-refractivity contribution in [1.82, 2.24) is 9.88 Å². The van der Waals surface area contributed by atoms with Gasteiger partial charge in [0.05, 0.1) is 0 Å². The molecule has 140 valence electrons. The summed E-state index contributed by atoms with van der Waals surface area (Å²) >= 11 is 0. The molecule has 1 aromatic heterocycles. The Morgan fingerprint density at radius 2 is 1.81 bits per heavy atom. The van der Waals surface area contributed by atoms with Crippen molar-refractivity contribution in [2.45, 2.75) is 0 Å². The van der Waals surface area contributed by atoms with Gasteiger partial charge >= 0.3 is 0 Å². The summed E-state index contributed by atoms with van der Waals surface area (Å²) in [6.07, 6.45) is 0. The summed E-state index contributed by atoms with van der Waals surface area (Å²) < 4.78 is 17.0. The van der Waals surface area contributed by atoms with E-state index in [0.717, 1.165) is 29.7 Å². The molecule has 1 amide bonds. The van der Waals surface area contributed by atoms with Crippen LogP contribution in [0.15, 0.2) is 48.5 Å². The molecule has 3 aromatic rings. The topological polar surface area (TPSA) is 68.8 Å². The zero-order valence-electron chi connectivity index (χ0n) is 14.7. The molecule has 1 fully saturated rings. The number of aromatic amines is 1. The number of carbonyl (C=O) groups is 1. The van der Waals surface area contributed by atoms with Crippen molar-refractivity contribution in [2.75, 3.05) is 37.9 Å². The Kier molecular flexibility index (Phi) is 4.58. The van der Waals surface area contributed by atoms with Crippen LogP contribution in [0.1, 0.15) is 10.5 Å². The smallest absolute Gasteiger partial charge is 0.270 e. The highest BCUT2D eigenvalue weighted by Gasteiger charge is 2.23. The van der Waals surface area contributed by atoms with E-state index in [1.807, 2.05) is 17.0 Å². The van der Waals surface area contributed by atoms with Gasteiger partial charge in [-0.3, -0.25) is 4.79 Å². The lowest BCUT2D eigenvalue weighted by atomic mass is 10.2. The quantitative estimate of drug-likeness (QED) is 0.741. The molecule has 0 atom stereocenters. The minimum atomic E-state index is -0.840. The van der Waals surface area contributed by atoms with Crippen LogP contribution in [0.4, 0.5) is 10.1 Å². The number of aromatic nitrogens is 1. The summed E-state index contributed by atoms with van der Waals surface area (Å²) in [7, 11) is 0. The fourth-order valence-corrected chi connectivity index (χ4v) is 3.39. The van der Waals surface area contributed by atoms with E-state index in [1.54, 1.807) is 36.4 Å². The van der Waals surface area contributed by atoms with E-state index in [4.69, 9.17) is 4.74 Å². The SMILES string of the molecule is O=C(c1cc2cc(O)ccc2[nH]1)N1CCN(c2ccc(OCF)cc2)CC1. The van der Waals surface area contributed by atoms with Crippen molar-refractivity contribution in [3.8, 4) is 11.5 Å². The molecule has 0 spiro atoms. The van der Waals surface area contributed by atoms with Crippen LogP contribution >= 0.6 is 0 Å². The molecule has 0 aliphatic carbocycles. The molecule has 0 saturated carbocycles. The number of piperazine rings is 1. The number of phenolic OH excluding ortho intramolecular Hbond substituents is 1. The van der Waals surface area contributed by atoms with Crippen molar-refractivity contribution in [3.05, 3.63) is 54.2 Å². The van der Waals surface area contributed by atoms with Crippen LogP contribution < -0.4 is 9.64 Å². The standard InChI is InChI=1S/C20H20FN3O3/c21-13-27-17-4-1-15(2-5-17)23-7-9-24(10-8-23)20(26)19-12-14-11-16(25)3-6-18(14)22-19/h1-6,11-12,22,25H,7-10,13H2. The number of rotatable bonds is 4. The number of alkyl halides is 1. The second-order valence-electron chi connectivity index (χ2n) is 6.48. The first-order chi connectivity index (χ1) is 13.1. The Labute approximate surface area is 155 Å². The maximum atomic E-state index is 12.8. The number of amides is 1. The van der Waals surface area contributed by atoms with Gasteiger partial charge in [0.25, 0.3) is 5.91 Å². The summed E-state index contributed by atoms with van der Waals surface area (Å²) in [6, 6.07) is 14.0. The van der Waals surface area contributed by atoms with E-state index < -0.39 is 6.86 Å². The van der Waals surface area contributed by atoms with E-state index in [-0.39, 0.29) is 11.7 Å². The van der Waals surface area contributed by atoms with E-state index in [2.05, 4.69) is 9.88 Å². The normalized spacial score (nSPS) is 14.6. The third kappa shape index (κ3) is 3.53. The average Bonchev–Trinajstić information content (AvgIpc) is 3.11. The fourth-order valence-electron chi connectivity index (χ4n) is 3.39. The Balaban J connectivity index is 1.41. The minimum Gasteiger partial charge on any atom is -0.508 e. The minimum absolute atomic E-state index is 0.0444. The molecule has 0 unspecified atom stereocenters. The molecule has 0 radical (unpaired) electrons. The van der Waals surface area contributed by atoms with E-state index in [0.29, 0.717) is 24.5 Å². The predicted octanol–water partition coefficient (Wildman–Crippen LogP) is 3.14. The zero-order chi connectivity index (χ0) is 18.8. The second-order valence-corrected chi connectivity index (χ2v) is 6.48. The van der Waals surface area contributed by atoms with Crippen molar-refractivity contribution < 1.29 is 19.0 Å². The summed E-state index contributed by atoms with van der Waals surface area (Å²) in [6.45, 7) is 1.82. The monoisotopic (exact) mass is 369 g/mol. The Bertz CT molecular complexity index is 947. The number of nitrogens with zero attached hydrogens (tertiary/aromatic N) is 2.